The Morgan fingerprint density at radius 2 is 1.61 bits per heavy atom. The first-order valence-corrected chi connectivity index (χ1v) is 10.7. The molecule has 3 aromatic carbocycles. The summed E-state index contributed by atoms with van der Waals surface area (Å²) in [7, 11) is 0. The summed E-state index contributed by atoms with van der Waals surface area (Å²) in [4.78, 5) is 35.8. The van der Waals surface area contributed by atoms with E-state index in [2.05, 4.69) is 0 Å². The number of carboxylic acid groups (broad SMARTS) is 1. The molecule has 36 heavy (non-hydrogen) atoms. The third kappa shape index (κ3) is 4.47. The molecule has 186 valence electrons. The molecule has 1 atom stereocenters. The van der Waals surface area contributed by atoms with E-state index < -0.39 is 46.1 Å². The van der Waals surface area contributed by atoms with Crippen LogP contribution in [-0.2, 0) is 15.7 Å². The summed E-state index contributed by atoms with van der Waals surface area (Å²) in [5.41, 5.74) is 0.640. The maximum absolute atomic E-state index is 13.1. The number of amides is 1. The van der Waals surface area contributed by atoms with Crippen LogP contribution in [0.4, 0.5) is 29.3 Å². The Morgan fingerprint density at radius 3 is 2.11 bits per heavy atom. The smallest absolute Gasteiger partial charge is 0.416 e. The van der Waals surface area contributed by atoms with Gasteiger partial charge in [-0.25, -0.2) is 9.59 Å². The van der Waals surface area contributed by atoms with E-state index in [0.717, 1.165) is 29.2 Å². The van der Waals surface area contributed by atoms with Crippen LogP contribution in [0.2, 0.25) is 0 Å². The van der Waals surface area contributed by atoms with Crippen molar-refractivity contribution in [3.8, 4) is 11.1 Å². The van der Waals surface area contributed by atoms with E-state index in [4.69, 9.17) is 4.74 Å². The van der Waals surface area contributed by atoms with Gasteiger partial charge in [-0.2, -0.15) is 13.2 Å². The number of halogens is 3. The average molecular weight is 500 g/mol. The van der Waals surface area contributed by atoms with E-state index >= 15 is 0 Å². The van der Waals surface area contributed by atoms with Gasteiger partial charge in [-0.3, -0.25) is 15.0 Å². The fraction of sp³-hybridized carbons (Fsp3) is 0.200. The van der Waals surface area contributed by atoms with Crippen LogP contribution in [0.15, 0.2) is 66.7 Å². The van der Waals surface area contributed by atoms with E-state index in [-0.39, 0.29) is 18.6 Å². The molecule has 1 amide bonds. The summed E-state index contributed by atoms with van der Waals surface area (Å²) in [6, 6.07) is 14.8. The van der Waals surface area contributed by atoms with E-state index in [1.165, 1.54) is 0 Å². The molecular weight excluding hydrogens is 481 g/mol. The van der Waals surface area contributed by atoms with E-state index in [9.17, 15) is 38.0 Å². The molecule has 1 aliphatic carbocycles. The number of nitrogens with zero attached hydrogens (tertiary/aromatic N) is 2. The minimum Gasteiger partial charge on any atom is -0.480 e. The number of anilines is 1. The van der Waals surface area contributed by atoms with Gasteiger partial charge in [-0.1, -0.05) is 48.5 Å². The largest absolute Gasteiger partial charge is 0.480 e. The highest BCUT2D eigenvalue weighted by atomic mass is 19.4. The van der Waals surface area contributed by atoms with Crippen molar-refractivity contribution in [3.63, 3.8) is 0 Å². The molecule has 1 unspecified atom stereocenters. The topological polar surface area (TPSA) is 110 Å². The molecule has 1 aliphatic rings. The summed E-state index contributed by atoms with van der Waals surface area (Å²) < 4.78 is 44.8. The number of benzene rings is 3. The zero-order valence-electron chi connectivity index (χ0n) is 18.7. The van der Waals surface area contributed by atoms with E-state index in [1.807, 2.05) is 48.5 Å². The molecule has 0 fully saturated rings. The molecule has 4 rings (SSSR count). The monoisotopic (exact) mass is 500 g/mol. The highest BCUT2D eigenvalue weighted by Gasteiger charge is 2.38. The van der Waals surface area contributed by atoms with Crippen LogP contribution in [0.1, 0.15) is 29.5 Å². The van der Waals surface area contributed by atoms with Gasteiger partial charge in [0.1, 0.15) is 18.3 Å². The van der Waals surface area contributed by atoms with Crippen LogP contribution < -0.4 is 4.90 Å². The Bertz CT molecular complexity index is 1310. The summed E-state index contributed by atoms with van der Waals surface area (Å²) in [5.74, 6) is -1.91. The van der Waals surface area contributed by atoms with Crippen molar-refractivity contribution in [2.75, 3.05) is 11.5 Å². The molecule has 11 heteroatoms. The van der Waals surface area contributed by atoms with E-state index in [0.29, 0.717) is 17.0 Å². The van der Waals surface area contributed by atoms with Gasteiger partial charge < -0.3 is 9.84 Å². The lowest BCUT2D eigenvalue weighted by atomic mass is 9.98. The van der Waals surface area contributed by atoms with Crippen molar-refractivity contribution in [3.05, 3.63) is 93.5 Å². The number of alkyl halides is 3. The third-order valence-electron chi connectivity index (χ3n) is 6.04. The summed E-state index contributed by atoms with van der Waals surface area (Å²) in [5, 5.41) is 21.1. The lowest BCUT2D eigenvalue weighted by Crippen LogP contribution is -2.44. The number of carboxylic acids is 1. The number of hydrogen-bond acceptors (Lipinski definition) is 5. The molecule has 0 saturated heterocycles. The highest BCUT2D eigenvalue weighted by Crippen LogP contribution is 2.45. The van der Waals surface area contributed by atoms with Crippen LogP contribution in [0, 0.1) is 10.1 Å². The number of nitro groups is 1. The maximum Gasteiger partial charge on any atom is 0.416 e. The van der Waals surface area contributed by atoms with Gasteiger partial charge in [-0.05, 0) is 41.3 Å². The molecule has 1 N–H and O–H groups in total. The second kappa shape index (κ2) is 9.33. The Morgan fingerprint density at radius 1 is 1.06 bits per heavy atom. The molecule has 0 saturated carbocycles. The molecular formula is C25H19F3N2O6. The first-order chi connectivity index (χ1) is 17.0. The second-order valence-electron chi connectivity index (χ2n) is 8.15. The molecule has 3 aromatic rings. The SMILES string of the molecule is CC(C(=O)O)N(C(=O)OCC1c2ccccc2-c2ccccc21)c1ccc(C(F)(F)F)cc1[N+](=O)[O-]. The number of fused-ring (bicyclic) bond motifs is 3. The quantitative estimate of drug-likeness (QED) is 0.336. The standard InChI is InChI=1S/C25H19F3N2O6/c1-14(23(31)32)29(21-11-10-15(25(26,27)28)12-22(21)30(34)35)24(33)36-13-20-18-8-4-2-6-16(18)17-7-3-5-9-19(17)20/h2-12,14,20H,13H2,1H3,(H,31,32). The molecule has 0 heterocycles. The van der Waals surface area contributed by atoms with E-state index in [1.54, 1.807) is 0 Å². The van der Waals surface area contributed by atoms with Gasteiger partial charge in [-0.15, -0.1) is 0 Å². The van der Waals surface area contributed by atoms with Crippen molar-refractivity contribution in [1.29, 1.82) is 0 Å². The Labute approximate surface area is 202 Å². The zero-order valence-corrected chi connectivity index (χ0v) is 18.7. The summed E-state index contributed by atoms with van der Waals surface area (Å²) >= 11 is 0. The molecule has 0 bridgehead atoms. The second-order valence-corrected chi connectivity index (χ2v) is 8.15. The molecule has 0 aliphatic heterocycles. The number of carbonyl (C=O) groups is 2. The van der Waals surface area contributed by atoms with Gasteiger partial charge in [0.15, 0.2) is 0 Å². The zero-order chi connectivity index (χ0) is 26.2. The predicted molar refractivity (Wildman–Crippen MR) is 123 cm³/mol. The number of nitro benzene ring substituents is 1. The minimum absolute atomic E-state index is 0.218. The van der Waals surface area contributed by atoms with Crippen LogP contribution in [0.5, 0.6) is 0 Å². The molecule has 0 spiro atoms. The third-order valence-corrected chi connectivity index (χ3v) is 6.04. The first kappa shape index (κ1) is 24.7. The van der Waals surface area contributed by atoms with Crippen molar-refractivity contribution in [2.24, 2.45) is 0 Å². The fourth-order valence-electron chi connectivity index (χ4n) is 4.29. The normalized spacial score (nSPS) is 13.4. The van der Waals surface area contributed by atoms with Gasteiger partial charge in [0.05, 0.1) is 10.5 Å². The van der Waals surface area contributed by atoms with Crippen molar-refractivity contribution < 1.29 is 37.5 Å². The van der Waals surface area contributed by atoms with Crippen molar-refractivity contribution in [2.45, 2.75) is 25.1 Å². The van der Waals surface area contributed by atoms with Gasteiger partial charge in [0.25, 0.3) is 5.69 Å². The number of ether oxygens (including phenoxy) is 1. The Kier molecular flexibility index (Phi) is 6.40. The van der Waals surface area contributed by atoms with Gasteiger partial charge in [0.2, 0.25) is 0 Å². The Balaban J connectivity index is 1.68. The average Bonchev–Trinajstić information content (AvgIpc) is 3.16. The molecule has 0 aromatic heterocycles. The molecule has 8 nitrogen and oxygen atoms in total. The number of aliphatic carboxylic acids is 1. The maximum atomic E-state index is 13.1. The fourth-order valence-corrected chi connectivity index (χ4v) is 4.29. The summed E-state index contributed by atoms with van der Waals surface area (Å²) in [6.45, 7) is 0.856. The summed E-state index contributed by atoms with van der Waals surface area (Å²) in [6.07, 6.45) is -6.12. The lowest BCUT2D eigenvalue weighted by Gasteiger charge is -2.26. The minimum atomic E-state index is -4.88. The van der Waals surface area contributed by atoms with Crippen LogP contribution in [0.25, 0.3) is 11.1 Å². The van der Waals surface area contributed by atoms with Gasteiger partial charge >= 0.3 is 18.2 Å². The number of hydrogen-bond donors (Lipinski definition) is 1. The number of rotatable bonds is 6. The molecule has 0 radical (unpaired) electrons. The van der Waals surface area contributed by atoms with Crippen LogP contribution in [0.3, 0.4) is 0 Å². The van der Waals surface area contributed by atoms with Gasteiger partial charge in [0, 0.05) is 12.0 Å². The van der Waals surface area contributed by atoms with Crippen molar-refractivity contribution >= 4 is 23.4 Å². The van der Waals surface area contributed by atoms with Crippen LogP contribution in [-0.4, -0.2) is 34.7 Å². The Hall–Kier alpha value is -4.41. The highest BCUT2D eigenvalue weighted by molar-refractivity contribution is 5.97. The first-order valence-electron chi connectivity index (χ1n) is 10.7. The van der Waals surface area contributed by atoms with Crippen molar-refractivity contribution in [1.82, 2.24) is 0 Å². The number of carbonyl (C=O) groups excluding carboxylic acids is 1. The predicted octanol–water partition coefficient (Wildman–Crippen LogP) is 5.84. The van der Waals surface area contributed by atoms with Crippen LogP contribution >= 0.6 is 0 Å². The lowest BCUT2D eigenvalue weighted by molar-refractivity contribution is -0.384.